The minimum atomic E-state index is 0.937. The molecule has 5 aromatic carbocycles. The van der Waals surface area contributed by atoms with E-state index in [1.807, 2.05) is 24.5 Å². The maximum Gasteiger partial charge on any atom is 0.0716 e. The number of hydrogen-bond acceptors (Lipinski definition) is 2. The molecule has 244 valence electrons. The van der Waals surface area contributed by atoms with Gasteiger partial charge in [0.15, 0.2) is 0 Å². The molecule has 51 heavy (non-hydrogen) atoms. The molecule has 2 heteroatoms. The first-order valence-electron chi connectivity index (χ1n) is 18.0. The molecular formula is C49H38N2. The summed E-state index contributed by atoms with van der Waals surface area (Å²) in [5.41, 5.74) is 15.4. The summed E-state index contributed by atoms with van der Waals surface area (Å²) in [7, 11) is 0. The van der Waals surface area contributed by atoms with Crippen molar-refractivity contribution in [1.29, 1.82) is 0 Å². The van der Waals surface area contributed by atoms with E-state index < -0.39 is 0 Å². The summed E-state index contributed by atoms with van der Waals surface area (Å²) in [6.07, 6.45) is 21.6. The third-order valence-electron chi connectivity index (χ3n) is 10.4. The van der Waals surface area contributed by atoms with E-state index in [1.165, 1.54) is 66.1 Å². The van der Waals surface area contributed by atoms with Gasteiger partial charge in [-0.1, -0.05) is 121 Å². The molecule has 7 aromatic rings. The molecule has 0 bridgehead atoms. The zero-order valence-electron chi connectivity index (χ0n) is 28.8. The van der Waals surface area contributed by atoms with Crippen LogP contribution in [0.5, 0.6) is 0 Å². The van der Waals surface area contributed by atoms with Crippen LogP contribution in [0.1, 0.15) is 43.0 Å². The number of fused-ring (bicyclic) bond motifs is 6. The lowest BCUT2D eigenvalue weighted by Crippen LogP contribution is -1.98. The number of benzene rings is 5. The molecule has 0 spiro atoms. The van der Waals surface area contributed by atoms with Gasteiger partial charge < -0.3 is 0 Å². The van der Waals surface area contributed by atoms with E-state index in [-0.39, 0.29) is 0 Å². The predicted octanol–water partition coefficient (Wildman–Crippen LogP) is 13.1. The van der Waals surface area contributed by atoms with Gasteiger partial charge in [0.05, 0.1) is 11.4 Å². The van der Waals surface area contributed by atoms with Crippen LogP contribution < -0.4 is 0 Å². The van der Waals surface area contributed by atoms with Crippen LogP contribution in [0.3, 0.4) is 0 Å². The fourth-order valence-electron chi connectivity index (χ4n) is 7.78. The normalized spacial score (nSPS) is 16.8. The SMILES string of the molecule is C/C1=C/C=C(c2cc(-c3ccccc3-c3cccc(-c4ccc5c(c4)c4c(c6ccccc65)CCC=C4)c3)cc(-c3ccncc3)n2)\C=C/CC1. The summed E-state index contributed by atoms with van der Waals surface area (Å²) in [5, 5.41) is 5.38. The van der Waals surface area contributed by atoms with Crippen LogP contribution in [0.4, 0.5) is 0 Å². The van der Waals surface area contributed by atoms with Crippen molar-refractivity contribution in [3.8, 4) is 44.6 Å². The average Bonchev–Trinajstić information content (AvgIpc) is 3.19. The second-order valence-electron chi connectivity index (χ2n) is 13.7. The standard InChI is InChI=1S/C49H38N2/c1-33-11-2-3-12-34(22-21-33)48-31-39(32-49(51-48)35-25-27-50-28-26-35)41-16-5-4-15-40(41)38-14-10-13-36(29-38)37-23-24-46-44-19-7-6-17-42(44)43-18-8-9-20-45(43)47(46)30-37/h3-7,9-10,12-17,19-32H,2,8,11,18H2,1H3/b12-3-,33-21-,34-22+. The van der Waals surface area contributed by atoms with E-state index in [9.17, 15) is 0 Å². The van der Waals surface area contributed by atoms with Crippen molar-refractivity contribution >= 4 is 33.2 Å². The van der Waals surface area contributed by atoms with E-state index in [0.29, 0.717) is 0 Å². The van der Waals surface area contributed by atoms with Gasteiger partial charge in [0.1, 0.15) is 0 Å². The molecule has 2 aromatic heterocycles. The Labute approximate surface area is 299 Å². The van der Waals surface area contributed by atoms with Crippen molar-refractivity contribution in [2.24, 2.45) is 0 Å². The van der Waals surface area contributed by atoms with Gasteiger partial charge in [0.25, 0.3) is 0 Å². The zero-order valence-corrected chi connectivity index (χ0v) is 28.8. The van der Waals surface area contributed by atoms with E-state index >= 15 is 0 Å². The van der Waals surface area contributed by atoms with Crippen molar-refractivity contribution in [1.82, 2.24) is 9.97 Å². The number of nitrogens with zero attached hydrogens (tertiary/aromatic N) is 2. The van der Waals surface area contributed by atoms with Gasteiger partial charge in [-0.2, -0.15) is 0 Å². The molecule has 2 nitrogen and oxygen atoms in total. The molecule has 2 heterocycles. The zero-order chi connectivity index (χ0) is 34.1. The number of rotatable bonds is 5. The summed E-state index contributed by atoms with van der Waals surface area (Å²) in [4.78, 5) is 9.47. The number of aryl methyl sites for hydroxylation is 1. The van der Waals surface area contributed by atoms with E-state index in [0.717, 1.165) is 53.8 Å². The summed E-state index contributed by atoms with van der Waals surface area (Å²) in [6.45, 7) is 2.20. The van der Waals surface area contributed by atoms with Gasteiger partial charge in [0, 0.05) is 18.0 Å². The van der Waals surface area contributed by atoms with Crippen molar-refractivity contribution in [3.05, 3.63) is 180 Å². The highest BCUT2D eigenvalue weighted by molar-refractivity contribution is 6.14. The van der Waals surface area contributed by atoms with Crippen molar-refractivity contribution in [3.63, 3.8) is 0 Å². The van der Waals surface area contributed by atoms with Crippen molar-refractivity contribution < 1.29 is 0 Å². The Morgan fingerprint density at radius 1 is 0.490 bits per heavy atom. The fourth-order valence-corrected chi connectivity index (χ4v) is 7.78. The first kappa shape index (κ1) is 30.9. The van der Waals surface area contributed by atoms with Crippen LogP contribution in [0.15, 0.2) is 164 Å². The molecule has 0 amide bonds. The lowest BCUT2D eigenvalue weighted by molar-refractivity contribution is 0.976. The minimum Gasteiger partial charge on any atom is -0.265 e. The summed E-state index contributed by atoms with van der Waals surface area (Å²) in [5.74, 6) is 0. The third-order valence-corrected chi connectivity index (χ3v) is 10.4. The van der Waals surface area contributed by atoms with Gasteiger partial charge >= 0.3 is 0 Å². The highest BCUT2D eigenvalue weighted by Gasteiger charge is 2.17. The van der Waals surface area contributed by atoms with Crippen molar-refractivity contribution in [2.75, 3.05) is 0 Å². The van der Waals surface area contributed by atoms with E-state index in [1.54, 1.807) is 0 Å². The molecule has 0 fully saturated rings. The fraction of sp³-hybridized carbons (Fsp3) is 0.102. The Kier molecular flexibility index (Phi) is 8.06. The van der Waals surface area contributed by atoms with Crippen LogP contribution >= 0.6 is 0 Å². The number of aromatic nitrogens is 2. The first-order chi connectivity index (χ1) is 25.2. The summed E-state index contributed by atoms with van der Waals surface area (Å²) in [6, 6.07) is 42.3. The van der Waals surface area contributed by atoms with Gasteiger partial charge in [0.2, 0.25) is 0 Å². The average molecular weight is 655 g/mol. The Morgan fingerprint density at radius 2 is 1.20 bits per heavy atom. The Balaban J connectivity index is 1.17. The molecule has 0 aliphatic heterocycles. The largest absolute Gasteiger partial charge is 0.265 e. The monoisotopic (exact) mass is 654 g/mol. The van der Waals surface area contributed by atoms with Gasteiger partial charge in [-0.25, -0.2) is 4.98 Å². The van der Waals surface area contributed by atoms with Crippen LogP contribution in [0.25, 0.3) is 77.8 Å². The number of hydrogen-bond donors (Lipinski definition) is 0. The maximum absolute atomic E-state index is 5.20. The maximum atomic E-state index is 5.20. The molecular weight excluding hydrogens is 617 g/mol. The van der Waals surface area contributed by atoms with Gasteiger partial charge in [-0.3, -0.25) is 4.98 Å². The molecule has 0 saturated heterocycles. The second-order valence-corrected chi connectivity index (χ2v) is 13.7. The molecule has 9 rings (SSSR count). The molecule has 0 N–H and O–H groups in total. The molecule has 0 unspecified atom stereocenters. The summed E-state index contributed by atoms with van der Waals surface area (Å²) < 4.78 is 0. The smallest absolute Gasteiger partial charge is 0.0716 e. The lowest BCUT2D eigenvalue weighted by atomic mass is 9.85. The molecule has 0 radical (unpaired) electrons. The van der Waals surface area contributed by atoms with Crippen LogP contribution in [-0.4, -0.2) is 9.97 Å². The molecule has 2 aliphatic carbocycles. The van der Waals surface area contributed by atoms with Crippen molar-refractivity contribution in [2.45, 2.75) is 32.6 Å². The third kappa shape index (κ3) is 5.93. The highest BCUT2D eigenvalue weighted by atomic mass is 14.7. The van der Waals surface area contributed by atoms with E-state index in [2.05, 4.69) is 151 Å². The predicted molar refractivity (Wildman–Crippen MR) is 216 cm³/mol. The molecule has 2 aliphatic rings. The lowest BCUT2D eigenvalue weighted by Gasteiger charge is -2.19. The van der Waals surface area contributed by atoms with Gasteiger partial charge in [-0.05, 0) is 141 Å². The van der Waals surface area contributed by atoms with Gasteiger partial charge in [-0.15, -0.1) is 0 Å². The minimum absolute atomic E-state index is 0.937. The Hall–Kier alpha value is -6.12. The second kappa shape index (κ2) is 13.3. The first-order valence-corrected chi connectivity index (χ1v) is 18.0. The quantitative estimate of drug-likeness (QED) is 0.173. The number of pyridine rings is 2. The van der Waals surface area contributed by atoms with Crippen LogP contribution in [0.2, 0.25) is 0 Å². The molecule has 0 saturated carbocycles. The highest BCUT2D eigenvalue weighted by Crippen LogP contribution is 2.40. The topological polar surface area (TPSA) is 25.8 Å². The molecule has 0 atom stereocenters. The van der Waals surface area contributed by atoms with Crippen LogP contribution in [-0.2, 0) is 6.42 Å². The van der Waals surface area contributed by atoms with E-state index in [4.69, 9.17) is 4.98 Å². The van der Waals surface area contributed by atoms with Crippen LogP contribution in [0, 0.1) is 0 Å². The Morgan fingerprint density at radius 3 is 2.08 bits per heavy atom. The Bertz CT molecular complexity index is 2580. The summed E-state index contributed by atoms with van der Waals surface area (Å²) >= 11 is 0. The number of allylic oxidation sites excluding steroid dienone is 7.